The number of halogens is 1. The summed E-state index contributed by atoms with van der Waals surface area (Å²) >= 11 is 3.30. The van der Waals surface area contributed by atoms with E-state index in [1.54, 1.807) is 0 Å². The van der Waals surface area contributed by atoms with E-state index in [-0.39, 0.29) is 5.69 Å². The number of anilines is 1. The molecule has 21 heavy (non-hydrogen) atoms. The number of pyridine rings is 1. The highest BCUT2D eigenvalue weighted by molar-refractivity contribution is 9.10. The fourth-order valence-electron chi connectivity index (χ4n) is 2.74. The van der Waals surface area contributed by atoms with Gasteiger partial charge in [0.25, 0.3) is 0 Å². The first-order chi connectivity index (χ1) is 9.91. The summed E-state index contributed by atoms with van der Waals surface area (Å²) in [6.07, 6.45) is 4.26. The van der Waals surface area contributed by atoms with Crippen LogP contribution in [0, 0.1) is 15.5 Å². The Morgan fingerprint density at radius 2 is 2.14 bits per heavy atom. The average Bonchev–Trinajstić information content (AvgIpc) is 2.47. The smallest absolute Gasteiger partial charge is 0.311 e. The number of aliphatic carboxylic acids is 1. The lowest BCUT2D eigenvalue weighted by atomic mass is 9.76. The van der Waals surface area contributed by atoms with E-state index in [2.05, 4.69) is 20.9 Å². The number of hydrogen-bond acceptors (Lipinski definition) is 5. The molecule has 7 nitrogen and oxygen atoms in total. The van der Waals surface area contributed by atoms with Crippen LogP contribution in [0.15, 0.2) is 16.9 Å². The summed E-state index contributed by atoms with van der Waals surface area (Å²) < 4.78 is 0.552. The number of piperidine rings is 1. The van der Waals surface area contributed by atoms with E-state index in [4.69, 9.17) is 0 Å². The van der Waals surface area contributed by atoms with Gasteiger partial charge in [-0.15, -0.1) is 0 Å². The van der Waals surface area contributed by atoms with Crippen molar-refractivity contribution in [3.63, 3.8) is 0 Å². The van der Waals surface area contributed by atoms with Crippen LogP contribution in [0.3, 0.4) is 0 Å². The van der Waals surface area contributed by atoms with Gasteiger partial charge in [-0.3, -0.25) is 19.9 Å². The first kappa shape index (κ1) is 15.7. The van der Waals surface area contributed by atoms with Crippen LogP contribution in [0.5, 0.6) is 0 Å². The number of carbonyl (C=O) groups is 1. The third-order valence-corrected chi connectivity index (χ3v) is 4.80. The molecule has 0 unspecified atom stereocenters. The van der Waals surface area contributed by atoms with Crippen molar-refractivity contribution in [3.05, 3.63) is 27.0 Å². The highest BCUT2D eigenvalue weighted by Gasteiger charge is 2.41. The maximum atomic E-state index is 11.4. The van der Waals surface area contributed by atoms with Crippen molar-refractivity contribution < 1.29 is 14.8 Å². The number of carboxylic acid groups (broad SMARTS) is 1. The lowest BCUT2D eigenvalue weighted by Gasteiger charge is -2.39. The third kappa shape index (κ3) is 2.85. The normalized spacial score (nSPS) is 17.5. The largest absolute Gasteiger partial charge is 0.481 e. The molecule has 114 valence electrons. The minimum atomic E-state index is -0.784. The Morgan fingerprint density at radius 3 is 2.62 bits per heavy atom. The van der Waals surface area contributed by atoms with Crippen molar-refractivity contribution >= 4 is 33.3 Å². The fourth-order valence-corrected chi connectivity index (χ4v) is 3.31. The molecule has 0 atom stereocenters. The zero-order valence-electron chi connectivity index (χ0n) is 11.6. The minimum absolute atomic E-state index is 0.0660. The molecule has 0 radical (unpaired) electrons. The van der Waals surface area contributed by atoms with Crippen molar-refractivity contribution in [1.82, 2.24) is 4.98 Å². The van der Waals surface area contributed by atoms with Crippen molar-refractivity contribution in [2.24, 2.45) is 5.41 Å². The molecule has 2 rings (SSSR count). The van der Waals surface area contributed by atoms with Crippen LogP contribution >= 0.6 is 15.9 Å². The Balaban J connectivity index is 2.28. The van der Waals surface area contributed by atoms with Crippen LogP contribution in [-0.4, -0.2) is 34.1 Å². The number of carboxylic acids is 1. The van der Waals surface area contributed by atoms with Gasteiger partial charge in [0.15, 0.2) is 0 Å². The van der Waals surface area contributed by atoms with E-state index in [1.807, 2.05) is 11.8 Å². The van der Waals surface area contributed by atoms with Gasteiger partial charge in [0.05, 0.1) is 14.8 Å². The van der Waals surface area contributed by atoms with Crippen LogP contribution in [0.2, 0.25) is 0 Å². The van der Waals surface area contributed by atoms with E-state index < -0.39 is 16.3 Å². The quantitative estimate of drug-likeness (QED) is 0.657. The van der Waals surface area contributed by atoms with Gasteiger partial charge in [-0.2, -0.15) is 0 Å². The Labute approximate surface area is 130 Å². The molecular formula is C13H16BrN3O4. The standard InChI is InChI=1S/C13H16BrN3O4/c1-2-13(12(18)19)3-5-16(6-4-13)11-9(14)7-15-8-10(11)17(20)21/h7-8H,2-6H2,1H3,(H,18,19). The molecule has 2 heterocycles. The number of rotatable bonds is 4. The molecule has 1 aromatic heterocycles. The maximum absolute atomic E-state index is 11.4. The molecular weight excluding hydrogens is 342 g/mol. The molecule has 8 heteroatoms. The van der Waals surface area contributed by atoms with E-state index in [0.29, 0.717) is 42.5 Å². The maximum Gasteiger partial charge on any atom is 0.311 e. The number of nitrogens with zero attached hydrogens (tertiary/aromatic N) is 3. The predicted molar refractivity (Wildman–Crippen MR) is 80.4 cm³/mol. The van der Waals surface area contributed by atoms with Crippen LogP contribution < -0.4 is 4.90 Å². The SMILES string of the molecule is CCC1(C(=O)O)CCN(c2c(Br)cncc2[N+](=O)[O-])CC1. The Hall–Kier alpha value is -1.70. The molecule has 0 bridgehead atoms. The Bertz CT molecular complexity index is 571. The topological polar surface area (TPSA) is 96.6 Å². The fraction of sp³-hybridized carbons (Fsp3) is 0.538. The molecule has 1 N–H and O–H groups in total. The van der Waals surface area contributed by atoms with Crippen molar-refractivity contribution in [2.75, 3.05) is 18.0 Å². The highest BCUT2D eigenvalue weighted by Crippen LogP contribution is 2.41. The van der Waals surface area contributed by atoms with Gasteiger partial charge in [0.2, 0.25) is 0 Å². The highest BCUT2D eigenvalue weighted by atomic mass is 79.9. The Morgan fingerprint density at radius 1 is 1.52 bits per heavy atom. The van der Waals surface area contributed by atoms with E-state index >= 15 is 0 Å². The average molecular weight is 358 g/mol. The van der Waals surface area contributed by atoms with Gasteiger partial charge in [0, 0.05) is 19.3 Å². The summed E-state index contributed by atoms with van der Waals surface area (Å²) in [4.78, 5) is 27.8. The van der Waals surface area contributed by atoms with Crippen LogP contribution in [0.25, 0.3) is 0 Å². The van der Waals surface area contributed by atoms with Crippen molar-refractivity contribution in [1.29, 1.82) is 0 Å². The summed E-state index contributed by atoms with van der Waals surface area (Å²) in [6, 6.07) is 0. The molecule has 0 aliphatic carbocycles. The second kappa shape index (κ2) is 5.97. The second-order valence-electron chi connectivity index (χ2n) is 5.17. The predicted octanol–water partition coefficient (Wildman–Crippen LogP) is 2.83. The zero-order valence-corrected chi connectivity index (χ0v) is 13.2. The molecule has 1 aliphatic rings. The first-order valence-corrected chi connectivity index (χ1v) is 7.47. The van der Waals surface area contributed by atoms with E-state index in [9.17, 15) is 20.0 Å². The lowest BCUT2D eigenvalue weighted by molar-refractivity contribution is -0.384. The van der Waals surface area contributed by atoms with Gasteiger partial charge in [-0.05, 0) is 35.2 Å². The number of nitro groups is 1. The van der Waals surface area contributed by atoms with Crippen LogP contribution in [-0.2, 0) is 4.79 Å². The minimum Gasteiger partial charge on any atom is -0.481 e. The van der Waals surface area contributed by atoms with Crippen molar-refractivity contribution in [3.8, 4) is 0 Å². The summed E-state index contributed by atoms with van der Waals surface area (Å²) in [5, 5.41) is 20.5. The summed E-state index contributed by atoms with van der Waals surface area (Å²) in [6.45, 7) is 2.82. The van der Waals surface area contributed by atoms with Gasteiger partial charge in [-0.1, -0.05) is 6.92 Å². The second-order valence-corrected chi connectivity index (χ2v) is 6.03. The summed E-state index contributed by atoms with van der Waals surface area (Å²) in [5.74, 6) is -0.784. The van der Waals surface area contributed by atoms with Gasteiger partial charge in [-0.25, -0.2) is 0 Å². The van der Waals surface area contributed by atoms with Crippen LogP contribution in [0.4, 0.5) is 11.4 Å². The summed E-state index contributed by atoms with van der Waals surface area (Å²) in [7, 11) is 0. The molecule has 1 aliphatic heterocycles. The summed E-state index contributed by atoms with van der Waals surface area (Å²) in [5.41, 5.74) is -0.307. The van der Waals surface area contributed by atoms with Crippen molar-refractivity contribution in [2.45, 2.75) is 26.2 Å². The first-order valence-electron chi connectivity index (χ1n) is 6.67. The molecule has 1 fully saturated rings. The Kier molecular flexibility index (Phi) is 4.46. The molecule has 0 aromatic carbocycles. The lowest BCUT2D eigenvalue weighted by Crippen LogP contribution is -2.44. The van der Waals surface area contributed by atoms with E-state index in [0.717, 1.165) is 0 Å². The molecule has 1 aromatic rings. The van der Waals surface area contributed by atoms with Gasteiger partial charge < -0.3 is 10.0 Å². The van der Waals surface area contributed by atoms with Crippen LogP contribution in [0.1, 0.15) is 26.2 Å². The zero-order chi connectivity index (χ0) is 15.6. The van der Waals surface area contributed by atoms with Gasteiger partial charge in [0.1, 0.15) is 11.9 Å². The third-order valence-electron chi connectivity index (χ3n) is 4.22. The molecule has 0 amide bonds. The number of aromatic nitrogens is 1. The van der Waals surface area contributed by atoms with E-state index in [1.165, 1.54) is 12.4 Å². The van der Waals surface area contributed by atoms with Gasteiger partial charge >= 0.3 is 11.7 Å². The monoisotopic (exact) mass is 357 g/mol. The number of hydrogen-bond donors (Lipinski definition) is 1. The molecule has 0 saturated carbocycles. The molecule has 0 spiro atoms. The molecule has 1 saturated heterocycles.